The first-order valence-corrected chi connectivity index (χ1v) is 6.91. The maximum atomic E-state index is 3.58. The van der Waals surface area contributed by atoms with Gasteiger partial charge in [0.2, 0.25) is 0 Å². The summed E-state index contributed by atoms with van der Waals surface area (Å²) in [6, 6.07) is 11.4. The van der Waals surface area contributed by atoms with E-state index in [0.29, 0.717) is 6.04 Å². The monoisotopic (exact) mass is 243 g/mol. The molecule has 1 aliphatic rings. The van der Waals surface area contributed by atoms with Crippen LogP contribution in [0.5, 0.6) is 0 Å². The van der Waals surface area contributed by atoms with Gasteiger partial charge in [-0.05, 0) is 23.9 Å². The number of benzene rings is 1. The Morgan fingerprint density at radius 3 is 2.72 bits per heavy atom. The van der Waals surface area contributed by atoms with Gasteiger partial charge < -0.3 is 10.3 Å². The van der Waals surface area contributed by atoms with E-state index in [1.165, 1.54) is 16.6 Å². The molecule has 3 nitrogen and oxygen atoms in total. The number of aromatic nitrogens is 1. The van der Waals surface area contributed by atoms with E-state index in [0.717, 1.165) is 32.6 Å². The van der Waals surface area contributed by atoms with Gasteiger partial charge in [0.1, 0.15) is 0 Å². The minimum atomic E-state index is 0.527. The third-order valence-corrected chi connectivity index (χ3v) is 3.89. The second kappa shape index (κ2) is 5.12. The standard InChI is InChI=1S/C15H21N3/c1-2-15(18-9-7-16-8-10-18)14-11-12-5-3-4-6-13(12)17-14/h3-6,11,15-17H,2,7-10H2,1H3. The minimum Gasteiger partial charge on any atom is -0.357 e. The van der Waals surface area contributed by atoms with E-state index in [-0.39, 0.29) is 0 Å². The lowest BCUT2D eigenvalue weighted by Crippen LogP contribution is -2.45. The van der Waals surface area contributed by atoms with E-state index < -0.39 is 0 Å². The van der Waals surface area contributed by atoms with Gasteiger partial charge in [-0.1, -0.05) is 25.1 Å². The molecule has 1 atom stereocenters. The summed E-state index contributed by atoms with van der Waals surface area (Å²) in [5.41, 5.74) is 2.61. The van der Waals surface area contributed by atoms with E-state index in [2.05, 4.69) is 52.5 Å². The van der Waals surface area contributed by atoms with Crippen LogP contribution in [-0.4, -0.2) is 36.1 Å². The first kappa shape index (κ1) is 11.8. The van der Waals surface area contributed by atoms with Crippen molar-refractivity contribution in [2.24, 2.45) is 0 Å². The van der Waals surface area contributed by atoms with Crippen LogP contribution in [0.3, 0.4) is 0 Å². The van der Waals surface area contributed by atoms with Crippen LogP contribution in [0.2, 0.25) is 0 Å². The average molecular weight is 243 g/mol. The molecule has 1 fully saturated rings. The highest BCUT2D eigenvalue weighted by molar-refractivity contribution is 5.80. The van der Waals surface area contributed by atoms with Crippen LogP contribution in [0.15, 0.2) is 30.3 Å². The Balaban J connectivity index is 1.90. The van der Waals surface area contributed by atoms with Crippen molar-refractivity contribution in [3.8, 4) is 0 Å². The smallest absolute Gasteiger partial charge is 0.0497 e. The van der Waals surface area contributed by atoms with Gasteiger partial charge in [-0.3, -0.25) is 4.90 Å². The summed E-state index contributed by atoms with van der Waals surface area (Å²) in [5.74, 6) is 0. The molecule has 0 saturated carbocycles. The van der Waals surface area contributed by atoms with Crippen molar-refractivity contribution in [1.29, 1.82) is 0 Å². The van der Waals surface area contributed by atoms with E-state index in [9.17, 15) is 0 Å². The highest BCUT2D eigenvalue weighted by Crippen LogP contribution is 2.27. The second-order valence-electron chi connectivity index (χ2n) is 5.02. The molecule has 3 heteroatoms. The molecular formula is C15H21N3. The normalized spacial score (nSPS) is 19.2. The van der Waals surface area contributed by atoms with E-state index in [1.807, 2.05) is 0 Å². The summed E-state index contributed by atoms with van der Waals surface area (Å²) in [4.78, 5) is 6.17. The fraction of sp³-hybridized carbons (Fsp3) is 0.467. The first-order valence-electron chi connectivity index (χ1n) is 6.91. The van der Waals surface area contributed by atoms with Crippen LogP contribution >= 0.6 is 0 Å². The predicted octanol–water partition coefficient (Wildman–Crippen LogP) is 2.52. The molecule has 1 aromatic carbocycles. The summed E-state index contributed by atoms with van der Waals surface area (Å²) in [5, 5.41) is 4.74. The third kappa shape index (κ3) is 2.16. The average Bonchev–Trinajstić information content (AvgIpc) is 2.84. The molecule has 2 aromatic rings. The SMILES string of the molecule is CCC(c1cc2ccccc2[nH]1)N1CCNCC1. The Hall–Kier alpha value is -1.32. The molecule has 3 rings (SSSR count). The van der Waals surface area contributed by atoms with E-state index in [4.69, 9.17) is 0 Å². The Kier molecular flexibility index (Phi) is 3.35. The Morgan fingerprint density at radius 2 is 2.00 bits per heavy atom. The summed E-state index contributed by atoms with van der Waals surface area (Å²) in [6.07, 6.45) is 1.16. The van der Waals surface area contributed by atoms with Gasteiger partial charge in [0.25, 0.3) is 0 Å². The number of hydrogen-bond donors (Lipinski definition) is 2. The molecule has 0 radical (unpaired) electrons. The number of H-pyrrole nitrogens is 1. The quantitative estimate of drug-likeness (QED) is 0.868. The van der Waals surface area contributed by atoms with Crippen LogP contribution in [0.4, 0.5) is 0 Å². The van der Waals surface area contributed by atoms with Gasteiger partial charge >= 0.3 is 0 Å². The molecule has 1 unspecified atom stereocenters. The van der Waals surface area contributed by atoms with Gasteiger partial charge in [-0.25, -0.2) is 0 Å². The number of rotatable bonds is 3. The zero-order chi connectivity index (χ0) is 12.4. The minimum absolute atomic E-state index is 0.527. The predicted molar refractivity (Wildman–Crippen MR) is 75.8 cm³/mol. The lowest BCUT2D eigenvalue weighted by Gasteiger charge is -2.33. The van der Waals surface area contributed by atoms with Crippen LogP contribution < -0.4 is 5.32 Å². The number of piperazine rings is 1. The number of para-hydroxylation sites is 1. The molecular weight excluding hydrogens is 222 g/mol. The fourth-order valence-electron chi connectivity index (χ4n) is 2.94. The lowest BCUT2D eigenvalue weighted by atomic mass is 10.1. The van der Waals surface area contributed by atoms with Crippen LogP contribution in [0.25, 0.3) is 10.9 Å². The molecule has 1 aliphatic heterocycles. The molecule has 1 saturated heterocycles. The van der Waals surface area contributed by atoms with Crippen LogP contribution in [0, 0.1) is 0 Å². The molecule has 0 bridgehead atoms. The van der Waals surface area contributed by atoms with Crippen LogP contribution in [0.1, 0.15) is 25.1 Å². The molecule has 0 amide bonds. The molecule has 2 heterocycles. The molecule has 0 aliphatic carbocycles. The highest BCUT2D eigenvalue weighted by atomic mass is 15.2. The lowest BCUT2D eigenvalue weighted by molar-refractivity contribution is 0.167. The largest absolute Gasteiger partial charge is 0.357 e. The van der Waals surface area contributed by atoms with Gasteiger partial charge in [-0.15, -0.1) is 0 Å². The van der Waals surface area contributed by atoms with Crippen LogP contribution in [-0.2, 0) is 0 Å². The summed E-state index contributed by atoms with van der Waals surface area (Å²) in [6.45, 7) is 6.79. The van der Waals surface area contributed by atoms with Crippen molar-refractivity contribution >= 4 is 10.9 Å². The number of hydrogen-bond acceptors (Lipinski definition) is 2. The van der Waals surface area contributed by atoms with Crippen molar-refractivity contribution in [3.63, 3.8) is 0 Å². The van der Waals surface area contributed by atoms with Crippen molar-refractivity contribution in [3.05, 3.63) is 36.0 Å². The molecule has 0 spiro atoms. The topological polar surface area (TPSA) is 31.1 Å². The summed E-state index contributed by atoms with van der Waals surface area (Å²) in [7, 11) is 0. The second-order valence-corrected chi connectivity index (χ2v) is 5.02. The highest BCUT2D eigenvalue weighted by Gasteiger charge is 2.21. The zero-order valence-electron chi connectivity index (χ0n) is 10.9. The van der Waals surface area contributed by atoms with Gasteiger partial charge in [0.05, 0.1) is 0 Å². The number of nitrogens with zero attached hydrogens (tertiary/aromatic N) is 1. The first-order chi connectivity index (χ1) is 8.88. The number of aromatic amines is 1. The molecule has 2 N–H and O–H groups in total. The Labute approximate surface area is 108 Å². The van der Waals surface area contributed by atoms with Gasteiger partial charge in [0.15, 0.2) is 0 Å². The third-order valence-electron chi connectivity index (χ3n) is 3.89. The van der Waals surface area contributed by atoms with Gasteiger partial charge in [-0.2, -0.15) is 0 Å². The van der Waals surface area contributed by atoms with E-state index in [1.54, 1.807) is 0 Å². The molecule has 1 aromatic heterocycles. The summed E-state index contributed by atoms with van der Waals surface area (Å²) >= 11 is 0. The van der Waals surface area contributed by atoms with Crippen molar-refractivity contribution < 1.29 is 0 Å². The Bertz CT molecular complexity index is 478. The van der Waals surface area contributed by atoms with Gasteiger partial charge in [0, 0.05) is 43.4 Å². The van der Waals surface area contributed by atoms with Crippen molar-refractivity contribution in [2.45, 2.75) is 19.4 Å². The number of nitrogens with one attached hydrogen (secondary N) is 2. The van der Waals surface area contributed by atoms with Crippen molar-refractivity contribution in [1.82, 2.24) is 15.2 Å². The molecule has 96 valence electrons. The fourth-order valence-corrected chi connectivity index (χ4v) is 2.94. The number of fused-ring (bicyclic) bond motifs is 1. The Morgan fingerprint density at radius 1 is 1.22 bits per heavy atom. The van der Waals surface area contributed by atoms with Crippen molar-refractivity contribution in [2.75, 3.05) is 26.2 Å². The maximum Gasteiger partial charge on any atom is 0.0497 e. The maximum absolute atomic E-state index is 3.58. The summed E-state index contributed by atoms with van der Waals surface area (Å²) < 4.78 is 0. The zero-order valence-corrected chi connectivity index (χ0v) is 10.9. The van der Waals surface area contributed by atoms with E-state index >= 15 is 0 Å². The molecule has 18 heavy (non-hydrogen) atoms.